The Morgan fingerprint density at radius 3 is 2.75 bits per heavy atom. The summed E-state index contributed by atoms with van der Waals surface area (Å²) in [6.45, 7) is -0.413. The molecule has 20 heavy (non-hydrogen) atoms. The molecule has 0 saturated heterocycles. The Bertz CT molecular complexity index is 481. The fourth-order valence-corrected chi connectivity index (χ4v) is 1.88. The quantitative estimate of drug-likeness (QED) is 0.825. The van der Waals surface area contributed by atoms with Gasteiger partial charge in [-0.1, -0.05) is 0 Å². The molecule has 1 fully saturated rings. The molecule has 2 rings (SSSR count). The normalized spacial score (nSPS) is 15.4. The fraction of sp³-hybridized carbons (Fsp3) is 0.667. The van der Waals surface area contributed by atoms with Gasteiger partial charge >= 0.3 is 6.18 Å². The number of rotatable bonds is 6. The van der Waals surface area contributed by atoms with Gasteiger partial charge in [0.05, 0.1) is 0 Å². The van der Waals surface area contributed by atoms with Gasteiger partial charge in [-0.05, 0) is 25.7 Å². The van der Waals surface area contributed by atoms with Crippen LogP contribution in [0.5, 0.6) is 0 Å². The van der Waals surface area contributed by atoms with E-state index in [0.29, 0.717) is 0 Å². The summed E-state index contributed by atoms with van der Waals surface area (Å²) in [5.41, 5.74) is -0.976. The number of hydrogen-bond acceptors (Lipinski definition) is 3. The van der Waals surface area contributed by atoms with Crippen LogP contribution in [-0.2, 0) is 23.9 Å². The molecule has 8 heteroatoms. The molecule has 0 unspecified atom stereocenters. The van der Waals surface area contributed by atoms with Crippen LogP contribution in [0.1, 0.15) is 30.5 Å². The number of carbonyl (C=O) groups excluding carboxylic acids is 1. The van der Waals surface area contributed by atoms with Crippen LogP contribution < -0.4 is 5.32 Å². The Kier molecular flexibility index (Phi) is 4.32. The topological polar surface area (TPSA) is 67.2 Å². The Hall–Kier alpha value is -1.57. The first kappa shape index (κ1) is 14.8. The van der Waals surface area contributed by atoms with E-state index in [9.17, 15) is 18.0 Å². The number of aromatic nitrogens is 2. The van der Waals surface area contributed by atoms with E-state index in [0.717, 1.165) is 17.5 Å². The molecular weight excluding hydrogens is 275 g/mol. The number of amides is 1. The molecule has 0 spiro atoms. The van der Waals surface area contributed by atoms with E-state index in [-0.39, 0.29) is 43.5 Å². The molecule has 0 bridgehead atoms. The number of nitrogens with one attached hydrogen (secondary N) is 1. The standard InChI is InChI=1S/C12H16F3N3O2/c13-12(14,15)11-8(2-1-5-19)6-18(17-11)7-10(20)16-9-3-4-9/h6,9,19H,1-5,7H2,(H,16,20). The minimum absolute atomic E-state index is 0.00534. The number of aliphatic hydroxyl groups is 1. The van der Waals surface area contributed by atoms with E-state index in [4.69, 9.17) is 5.11 Å². The van der Waals surface area contributed by atoms with Crippen molar-refractivity contribution in [1.82, 2.24) is 15.1 Å². The summed E-state index contributed by atoms with van der Waals surface area (Å²) in [5, 5.41) is 14.9. The summed E-state index contributed by atoms with van der Waals surface area (Å²) in [6, 6.07) is 0.161. The molecule has 112 valence electrons. The van der Waals surface area contributed by atoms with E-state index in [1.165, 1.54) is 6.20 Å². The van der Waals surface area contributed by atoms with Crippen LogP contribution in [0.4, 0.5) is 13.2 Å². The minimum atomic E-state index is -4.55. The van der Waals surface area contributed by atoms with Crippen LogP contribution in [-0.4, -0.2) is 33.4 Å². The average Bonchev–Trinajstić information content (AvgIpc) is 3.04. The van der Waals surface area contributed by atoms with Gasteiger partial charge in [-0.25, -0.2) is 0 Å². The lowest BCUT2D eigenvalue weighted by atomic mass is 10.1. The molecule has 0 aromatic carbocycles. The molecule has 1 aromatic heterocycles. The second-order valence-electron chi connectivity index (χ2n) is 4.87. The van der Waals surface area contributed by atoms with Crippen molar-refractivity contribution in [2.24, 2.45) is 0 Å². The van der Waals surface area contributed by atoms with Gasteiger partial charge in [0.1, 0.15) is 6.54 Å². The lowest BCUT2D eigenvalue weighted by molar-refractivity contribution is -0.142. The van der Waals surface area contributed by atoms with Crippen LogP contribution in [0.25, 0.3) is 0 Å². The van der Waals surface area contributed by atoms with Gasteiger partial charge in [-0.2, -0.15) is 18.3 Å². The third-order valence-corrected chi connectivity index (χ3v) is 2.96. The summed E-state index contributed by atoms with van der Waals surface area (Å²) in [7, 11) is 0. The Morgan fingerprint density at radius 1 is 1.50 bits per heavy atom. The summed E-state index contributed by atoms with van der Waals surface area (Å²) >= 11 is 0. The maximum absolute atomic E-state index is 12.8. The van der Waals surface area contributed by atoms with Gasteiger partial charge < -0.3 is 10.4 Å². The lowest BCUT2D eigenvalue weighted by Crippen LogP contribution is -2.29. The van der Waals surface area contributed by atoms with Crippen molar-refractivity contribution in [3.63, 3.8) is 0 Å². The van der Waals surface area contributed by atoms with Gasteiger partial charge in [0.15, 0.2) is 5.69 Å². The first-order valence-corrected chi connectivity index (χ1v) is 6.44. The summed E-state index contributed by atoms with van der Waals surface area (Å²) in [4.78, 5) is 11.6. The van der Waals surface area contributed by atoms with Gasteiger partial charge in [-0.3, -0.25) is 9.48 Å². The number of nitrogens with zero attached hydrogens (tertiary/aromatic N) is 2. The second-order valence-corrected chi connectivity index (χ2v) is 4.87. The second kappa shape index (κ2) is 5.82. The van der Waals surface area contributed by atoms with Crippen molar-refractivity contribution in [3.05, 3.63) is 17.5 Å². The molecule has 1 aliphatic rings. The largest absolute Gasteiger partial charge is 0.435 e. The molecule has 1 aliphatic carbocycles. The van der Waals surface area contributed by atoms with Crippen LogP contribution in [0, 0.1) is 0 Å². The van der Waals surface area contributed by atoms with E-state index in [2.05, 4.69) is 10.4 Å². The monoisotopic (exact) mass is 291 g/mol. The van der Waals surface area contributed by atoms with Crippen molar-refractivity contribution < 1.29 is 23.1 Å². The van der Waals surface area contributed by atoms with Crippen molar-refractivity contribution in [1.29, 1.82) is 0 Å². The first-order chi connectivity index (χ1) is 9.40. The summed E-state index contributed by atoms with van der Waals surface area (Å²) in [6.07, 6.45) is -1.19. The fourth-order valence-electron chi connectivity index (χ4n) is 1.88. The predicted molar refractivity (Wildman–Crippen MR) is 63.8 cm³/mol. The van der Waals surface area contributed by atoms with E-state index in [1.54, 1.807) is 0 Å². The van der Waals surface area contributed by atoms with Gasteiger partial charge in [-0.15, -0.1) is 0 Å². The highest BCUT2D eigenvalue weighted by molar-refractivity contribution is 5.76. The molecule has 1 aromatic rings. The summed E-state index contributed by atoms with van der Waals surface area (Å²) < 4.78 is 39.4. The molecule has 1 amide bonds. The van der Waals surface area contributed by atoms with E-state index < -0.39 is 11.9 Å². The minimum Gasteiger partial charge on any atom is -0.396 e. The van der Waals surface area contributed by atoms with Gasteiger partial charge in [0, 0.05) is 24.4 Å². The molecule has 0 atom stereocenters. The number of hydrogen-bond donors (Lipinski definition) is 2. The molecule has 0 radical (unpaired) electrons. The molecule has 2 N–H and O–H groups in total. The van der Waals surface area contributed by atoms with Crippen LogP contribution >= 0.6 is 0 Å². The third-order valence-electron chi connectivity index (χ3n) is 2.96. The maximum atomic E-state index is 12.8. The number of alkyl halides is 3. The van der Waals surface area contributed by atoms with Crippen molar-refractivity contribution in [3.8, 4) is 0 Å². The van der Waals surface area contributed by atoms with Gasteiger partial charge in [0.2, 0.25) is 5.91 Å². The average molecular weight is 291 g/mol. The lowest BCUT2D eigenvalue weighted by Gasteiger charge is -2.05. The number of carbonyl (C=O) groups is 1. The highest BCUT2D eigenvalue weighted by atomic mass is 19.4. The van der Waals surface area contributed by atoms with E-state index in [1.807, 2.05) is 0 Å². The first-order valence-electron chi connectivity index (χ1n) is 6.44. The molecule has 5 nitrogen and oxygen atoms in total. The molecule has 1 heterocycles. The zero-order valence-corrected chi connectivity index (χ0v) is 10.8. The SMILES string of the molecule is O=C(Cn1cc(CCCO)c(C(F)(F)F)n1)NC1CC1. The zero-order valence-electron chi connectivity index (χ0n) is 10.8. The smallest absolute Gasteiger partial charge is 0.396 e. The van der Waals surface area contributed by atoms with E-state index >= 15 is 0 Å². The highest BCUT2D eigenvalue weighted by Crippen LogP contribution is 2.31. The van der Waals surface area contributed by atoms with Crippen LogP contribution in [0.2, 0.25) is 0 Å². The summed E-state index contributed by atoms with van der Waals surface area (Å²) in [5.74, 6) is -0.336. The highest BCUT2D eigenvalue weighted by Gasteiger charge is 2.37. The zero-order chi connectivity index (χ0) is 14.8. The molecule has 1 saturated carbocycles. The number of aliphatic hydroxyl groups excluding tert-OH is 1. The number of halogens is 3. The van der Waals surface area contributed by atoms with Gasteiger partial charge in [0.25, 0.3) is 0 Å². The Morgan fingerprint density at radius 2 is 2.20 bits per heavy atom. The molecular formula is C12H16F3N3O2. The third kappa shape index (κ3) is 3.96. The Balaban J connectivity index is 2.08. The van der Waals surface area contributed by atoms with Crippen molar-refractivity contribution >= 4 is 5.91 Å². The predicted octanol–water partition coefficient (Wildman–Crippen LogP) is 1.11. The van der Waals surface area contributed by atoms with Crippen LogP contribution in [0.3, 0.4) is 0 Å². The maximum Gasteiger partial charge on any atom is 0.435 e. The van der Waals surface area contributed by atoms with Crippen molar-refractivity contribution in [2.75, 3.05) is 6.61 Å². The number of aryl methyl sites for hydroxylation is 1. The Labute approximate surface area is 113 Å². The molecule has 0 aliphatic heterocycles. The van der Waals surface area contributed by atoms with Crippen molar-refractivity contribution in [2.45, 2.75) is 44.4 Å². The van der Waals surface area contributed by atoms with Crippen LogP contribution in [0.15, 0.2) is 6.20 Å².